The van der Waals surface area contributed by atoms with E-state index in [-0.39, 0.29) is 24.2 Å². The zero-order valence-corrected chi connectivity index (χ0v) is 11.4. The molecule has 2 heterocycles. The Balaban J connectivity index is 2.46. The van der Waals surface area contributed by atoms with Gasteiger partial charge in [-0.15, -0.1) is 0 Å². The van der Waals surface area contributed by atoms with Gasteiger partial charge in [-0.3, -0.25) is 13.9 Å². The number of carbonyl (C=O) groups is 1. The Morgan fingerprint density at radius 1 is 1.42 bits per heavy atom. The molecule has 19 heavy (non-hydrogen) atoms. The zero-order valence-electron chi connectivity index (χ0n) is 11.4. The second kappa shape index (κ2) is 5.26. The standard InChI is InChI=1S/C13H18N4O2/c1-4-16-12-10(6-5-7-14-12)17(13(16)19)8-11(18)15-9(2)3/h5-7,9H,4,8H2,1-3H3,(H,15,18). The molecule has 1 N–H and O–H groups in total. The second-order valence-corrected chi connectivity index (χ2v) is 4.68. The molecule has 0 saturated heterocycles. The van der Waals surface area contributed by atoms with Crippen LogP contribution in [-0.2, 0) is 17.9 Å². The van der Waals surface area contributed by atoms with Crippen molar-refractivity contribution in [2.75, 3.05) is 0 Å². The summed E-state index contributed by atoms with van der Waals surface area (Å²) in [4.78, 5) is 28.3. The van der Waals surface area contributed by atoms with Crippen molar-refractivity contribution in [3.63, 3.8) is 0 Å². The van der Waals surface area contributed by atoms with Crippen molar-refractivity contribution in [3.05, 3.63) is 28.8 Å². The van der Waals surface area contributed by atoms with Gasteiger partial charge < -0.3 is 5.32 Å². The predicted octanol–water partition coefficient (Wildman–Crippen LogP) is 0.742. The number of rotatable bonds is 4. The van der Waals surface area contributed by atoms with Crippen LogP contribution in [0, 0.1) is 0 Å². The van der Waals surface area contributed by atoms with Crippen LogP contribution in [-0.4, -0.2) is 26.1 Å². The van der Waals surface area contributed by atoms with Crippen molar-refractivity contribution in [1.29, 1.82) is 0 Å². The van der Waals surface area contributed by atoms with Crippen molar-refractivity contribution < 1.29 is 4.79 Å². The molecule has 0 radical (unpaired) electrons. The largest absolute Gasteiger partial charge is 0.352 e. The third-order valence-electron chi connectivity index (χ3n) is 2.84. The average Bonchev–Trinajstić information content (AvgIpc) is 2.61. The minimum absolute atomic E-state index is 0.0200. The Bertz CT molecular complexity index is 654. The van der Waals surface area contributed by atoms with Crippen molar-refractivity contribution >= 4 is 17.1 Å². The van der Waals surface area contributed by atoms with Crippen molar-refractivity contribution in [2.24, 2.45) is 0 Å². The number of aromatic nitrogens is 3. The first-order chi connectivity index (χ1) is 9.04. The van der Waals surface area contributed by atoms with Gasteiger partial charge in [-0.1, -0.05) is 0 Å². The first kappa shape index (κ1) is 13.3. The molecule has 0 aliphatic heterocycles. The van der Waals surface area contributed by atoms with E-state index in [1.807, 2.05) is 20.8 Å². The zero-order chi connectivity index (χ0) is 14.0. The summed E-state index contributed by atoms with van der Waals surface area (Å²) in [5.74, 6) is -0.170. The fourth-order valence-electron chi connectivity index (χ4n) is 2.10. The molecule has 2 aromatic heterocycles. The topological polar surface area (TPSA) is 68.9 Å². The van der Waals surface area contributed by atoms with Gasteiger partial charge in [-0.25, -0.2) is 9.78 Å². The number of nitrogens with one attached hydrogen (secondary N) is 1. The maximum atomic E-state index is 12.2. The predicted molar refractivity (Wildman–Crippen MR) is 72.9 cm³/mol. The number of hydrogen-bond donors (Lipinski definition) is 1. The van der Waals surface area contributed by atoms with Gasteiger partial charge >= 0.3 is 5.69 Å². The molecule has 0 spiro atoms. The first-order valence-electron chi connectivity index (χ1n) is 6.38. The summed E-state index contributed by atoms with van der Waals surface area (Å²) in [5.41, 5.74) is 1.11. The fraction of sp³-hybridized carbons (Fsp3) is 0.462. The molecule has 0 aromatic carbocycles. The number of nitrogens with zero attached hydrogens (tertiary/aromatic N) is 3. The van der Waals surface area contributed by atoms with Gasteiger partial charge in [0.1, 0.15) is 6.54 Å². The van der Waals surface area contributed by atoms with Gasteiger partial charge in [0.2, 0.25) is 5.91 Å². The lowest BCUT2D eigenvalue weighted by Crippen LogP contribution is -2.36. The molecule has 0 aliphatic rings. The number of carbonyl (C=O) groups excluding carboxylic acids is 1. The summed E-state index contributed by atoms with van der Waals surface area (Å²) < 4.78 is 3.03. The molecule has 2 rings (SSSR count). The molecule has 0 aliphatic carbocycles. The van der Waals surface area contributed by atoms with E-state index >= 15 is 0 Å². The number of aryl methyl sites for hydroxylation is 1. The number of fused-ring (bicyclic) bond motifs is 1. The highest BCUT2D eigenvalue weighted by atomic mass is 16.2. The van der Waals surface area contributed by atoms with Crippen LogP contribution in [0.1, 0.15) is 20.8 Å². The van der Waals surface area contributed by atoms with Crippen LogP contribution in [0.2, 0.25) is 0 Å². The van der Waals surface area contributed by atoms with Crippen molar-refractivity contribution in [2.45, 2.75) is 39.9 Å². The Hall–Kier alpha value is -2.11. The molecule has 0 bridgehead atoms. The maximum Gasteiger partial charge on any atom is 0.330 e. The van der Waals surface area contributed by atoms with Crippen molar-refractivity contribution in [1.82, 2.24) is 19.4 Å². The van der Waals surface area contributed by atoms with E-state index < -0.39 is 0 Å². The van der Waals surface area contributed by atoms with Crippen LogP contribution in [0.5, 0.6) is 0 Å². The first-order valence-corrected chi connectivity index (χ1v) is 6.38. The Kier molecular flexibility index (Phi) is 3.69. The average molecular weight is 262 g/mol. The molecule has 0 fully saturated rings. The molecule has 0 saturated carbocycles. The lowest BCUT2D eigenvalue weighted by molar-refractivity contribution is -0.122. The third-order valence-corrected chi connectivity index (χ3v) is 2.84. The fourth-order valence-corrected chi connectivity index (χ4v) is 2.10. The van der Waals surface area contributed by atoms with Crippen LogP contribution in [0.25, 0.3) is 11.2 Å². The molecule has 0 unspecified atom stereocenters. The monoisotopic (exact) mass is 262 g/mol. The van der Waals surface area contributed by atoms with E-state index in [9.17, 15) is 9.59 Å². The molecule has 6 heteroatoms. The summed E-state index contributed by atoms with van der Waals surface area (Å²) in [6, 6.07) is 3.62. The van der Waals surface area contributed by atoms with Crippen LogP contribution in [0.3, 0.4) is 0 Å². The van der Waals surface area contributed by atoms with Gasteiger partial charge in [0.15, 0.2) is 5.65 Å². The highest BCUT2D eigenvalue weighted by molar-refractivity contribution is 5.79. The molecular formula is C13H18N4O2. The van der Waals surface area contributed by atoms with E-state index in [1.54, 1.807) is 22.9 Å². The number of imidazole rings is 1. The lowest BCUT2D eigenvalue weighted by atomic mass is 10.4. The second-order valence-electron chi connectivity index (χ2n) is 4.68. The number of hydrogen-bond acceptors (Lipinski definition) is 3. The van der Waals surface area contributed by atoms with E-state index in [0.29, 0.717) is 17.7 Å². The Labute approximate surface area is 111 Å². The lowest BCUT2D eigenvalue weighted by Gasteiger charge is -2.08. The minimum atomic E-state index is -0.199. The van der Waals surface area contributed by atoms with Crippen LogP contribution >= 0.6 is 0 Å². The summed E-state index contributed by atoms with van der Waals surface area (Å²) in [7, 11) is 0. The third kappa shape index (κ3) is 2.52. The molecule has 2 aromatic rings. The van der Waals surface area contributed by atoms with E-state index in [1.165, 1.54) is 4.57 Å². The summed E-state index contributed by atoms with van der Waals surface area (Å²) in [6.45, 7) is 6.21. The van der Waals surface area contributed by atoms with Gasteiger partial charge in [0.25, 0.3) is 0 Å². The van der Waals surface area contributed by atoms with Crippen LogP contribution in [0.15, 0.2) is 23.1 Å². The molecule has 6 nitrogen and oxygen atoms in total. The van der Waals surface area contributed by atoms with E-state index in [4.69, 9.17) is 0 Å². The summed E-state index contributed by atoms with van der Waals surface area (Å²) in [6.07, 6.45) is 1.65. The Morgan fingerprint density at radius 2 is 2.16 bits per heavy atom. The maximum absolute atomic E-state index is 12.2. The molecule has 102 valence electrons. The summed E-state index contributed by atoms with van der Waals surface area (Å²) >= 11 is 0. The number of pyridine rings is 1. The van der Waals surface area contributed by atoms with Crippen LogP contribution in [0.4, 0.5) is 0 Å². The SMILES string of the molecule is CCn1c(=O)n(CC(=O)NC(C)C)c2cccnc21. The van der Waals surface area contributed by atoms with Gasteiger partial charge in [0.05, 0.1) is 5.52 Å². The quantitative estimate of drug-likeness (QED) is 0.883. The van der Waals surface area contributed by atoms with Crippen molar-refractivity contribution in [3.8, 4) is 0 Å². The van der Waals surface area contributed by atoms with Gasteiger partial charge in [0, 0.05) is 18.8 Å². The highest BCUT2D eigenvalue weighted by Gasteiger charge is 2.15. The summed E-state index contributed by atoms with van der Waals surface area (Å²) in [5, 5.41) is 2.78. The minimum Gasteiger partial charge on any atom is -0.352 e. The molecular weight excluding hydrogens is 244 g/mol. The normalized spacial score (nSPS) is 11.2. The van der Waals surface area contributed by atoms with E-state index in [0.717, 1.165) is 0 Å². The van der Waals surface area contributed by atoms with E-state index in [2.05, 4.69) is 10.3 Å². The highest BCUT2D eigenvalue weighted by Crippen LogP contribution is 2.09. The van der Waals surface area contributed by atoms with Crippen LogP contribution < -0.4 is 11.0 Å². The van der Waals surface area contributed by atoms with Gasteiger partial charge in [-0.2, -0.15) is 0 Å². The molecule has 1 amide bonds. The Morgan fingerprint density at radius 3 is 2.79 bits per heavy atom. The van der Waals surface area contributed by atoms with Gasteiger partial charge in [-0.05, 0) is 32.9 Å². The molecule has 0 atom stereocenters. The smallest absolute Gasteiger partial charge is 0.330 e. The number of amides is 1.